The number of aliphatic imine (C=N–C) groups is 1. The fourth-order valence-electron chi connectivity index (χ4n) is 3.30. The third kappa shape index (κ3) is 5.67. The standard InChI is InChI=1S/C20H30N6.HI/c1-4-20(11-8-12-20)15-23-19(21-13-17-9-6-5-7-10-17)22-14-18-25-24-16(2)26(18)3;/h5-7,9-10H,4,8,11-15H2,1-3H3,(H2,21,22,23);1H. The van der Waals surface area contributed by atoms with Crippen LogP contribution in [0.4, 0.5) is 0 Å². The van der Waals surface area contributed by atoms with Crippen LogP contribution >= 0.6 is 24.0 Å². The van der Waals surface area contributed by atoms with Crippen LogP contribution in [0.3, 0.4) is 0 Å². The van der Waals surface area contributed by atoms with Gasteiger partial charge in [-0.15, -0.1) is 34.2 Å². The van der Waals surface area contributed by atoms with E-state index in [1.165, 1.54) is 31.2 Å². The van der Waals surface area contributed by atoms with Crippen molar-refractivity contribution < 1.29 is 0 Å². The number of nitrogens with one attached hydrogen (secondary N) is 2. The van der Waals surface area contributed by atoms with E-state index in [0.29, 0.717) is 18.5 Å². The molecule has 2 aromatic rings. The molecule has 0 bridgehead atoms. The van der Waals surface area contributed by atoms with Gasteiger partial charge in [0, 0.05) is 13.6 Å². The van der Waals surface area contributed by atoms with Crippen LogP contribution < -0.4 is 10.6 Å². The van der Waals surface area contributed by atoms with Gasteiger partial charge >= 0.3 is 0 Å². The minimum atomic E-state index is 0. The fourth-order valence-corrected chi connectivity index (χ4v) is 3.30. The SMILES string of the molecule is CCC1(CNC(=NCc2ccccc2)NCc2nnc(C)n2C)CCC1.I. The summed E-state index contributed by atoms with van der Waals surface area (Å²) in [7, 11) is 1.99. The largest absolute Gasteiger partial charge is 0.356 e. The summed E-state index contributed by atoms with van der Waals surface area (Å²) in [4.78, 5) is 4.78. The van der Waals surface area contributed by atoms with E-state index >= 15 is 0 Å². The molecule has 148 valence electrons. The van der Waals surface area contributed by atoms with Crippen molar-refractivity contribution in [1.82, 2.24) is 25.4 Å². The first kappa shape index (κ1) is 21.7. The number of hydrogen-bond donors (Lipinski definition) is 2. The van der Waals surface area contributed by atoms with Crippen LogP contribution in [-0.2, 0) is 20.1 Å². The Morgan fingerprint density at radius 3 is 2.48 bits per heavy atom. The monoisotopic (exact) mass is 482 g/mol. The second kappa shape index (κ2) is 10.1. The van der Waals surface area contributed by atoms with Crippen LogP contribution in [0.1, 0.15) is 49.8 Å². The second-order valence-corrected chi connectivity index (χ2v) is 7.29. The Kier molecular flexibility index (Phi) is 8.07. The molecule has 1 heterocycles. The van der Waals surface area contributed by atoms with Crippen molar-refractivity contribution in [3.05, 3.63) is 47.5 Å². The molecule has 0 saturated heterocycles. The second-order valence-electron chi connectivity index (χ2n) is 7.29. The van der Waals surface area contributed by atoms with Crippen LogP contribution in [0.25, 0.3) is 0 Å². The number of guanidine groups is 1. The summed E-state index contributed by atoms with van der Waals surface area (Å²) in [6.07, 6.45) is 5.18. The number of aromatic nitrogens is 3. The number of benzene rings is 1. The number of halogens is 1. The molecule has 1 aliphatic carbocycles. The van der Waals surface area contributed by atoms with Crippen molar-refractivity contribution in [1.29, 1.82) is 0 Å². The van der Waals surface area contributed by atoms with E-state index in [-0.39, 0.29) is 24.0 Å². The lowest BCUT2D eigenvalue weighted by Crippen LogP contribution is -2.46. The van der Waals surface area contributed by atoms with Gasteiger partial charge in [0.25, 0.3) is 0 Å². The Bertz CT molecular complexity index is 731. The molecule has 0 atom stereocenters. The maximum atomic E-state index is 4.78. The van der Waals surface area contributed by atoms with Crippen molar-refractivity contribution in [3.63, 3.8) is 0 Å². The van der Waals surface area contributed by atoms with Gasteiger partial charge in [-0.05, 0) is 37.2 Å². The Labute approximate surface area is 179 Å². The fraction of sp³-hybridized carbons (Fsp3) is 0.550. The zero-order valence-corrected chi connectivity index (χ0v) is 18.9. The van der Waals surface area contributed by atoms with E-state index in [1.54, 1.807) is 0 Å². The molecule has 1 fully saturated rings. The molecule has 1 aromatic carbocycles. The van der Waals surface area contributed by atoms with Crippen LogP contribution in [0, 0.1) is 12.3 Å². The molecule has 1 aliphatic rings. The number of aryl methyl sites for hydroxylation is 1. The molecule has 0 aliphatic heterocycles. The quantitative estimate of drug-likeness (QED) is 0.360. The van der Waals surface area contributed by atoms with Crippen LogP contribution in [-0.4, -0.2) is 27.3 Å². The van der Waals surface area contributed by atoms with Crippen molar-refractivity contribution in [3.8, 4) is 0 Å². The topological polar surface area (TPSA) is 67.1 Å². The minimum Gasteiger partial charge on any atom is -0.356 e. The van der Waals surface area contributed by atoms with Gasteiger partial charge in [0.05, 0.1) is 13.1 Å². The first-order valence-electron chi connectivity index (χ1n) is 9.53. The lowest BCUT2D eigenvalue weighted by Gasteiger charge is -2.41. The predicted molar refractivity (Wildman–Crippen MR) is 120 cm³/mol. The van der Waals surface area contributed by atoms with Gasteiger partial charge in [-0.2, -0.15) is 0 Å². The summed E-state index contributed by atoms with van der Waals surface area (Å²) in [5, 5.41) is 15.3. The molecule has 7 heteroatoms. The van der Waals surface area contributed by atoms with Crippen molar-refractivity contribution in [2.45, 2.75) is 52.6 Å². The Morgan fingerprint density at radius 1 is 1.19 bits per heavy atom. The first-order chi connectivity index (χ1) is 12.6. The third-order valence-corrected chi connectivity index (χ3v) is 5.65. The molecule has 2 N–H and O–H groups in total. The highest BCUT2D eigenvalue weighted by molar-refractivity contribution is 14.0. The van der Waals surface area contributed by atoms with Crippen molar-refractivity contribution in [2.75, 3.05) is 6.54 Å². The van der Waals surface area contributed by atoms with Gasteiger partial charge in [0.2, 0.25) is 0 Å². The molecule has 27 heavy (non-hydrogen) atoms. The summed E-state index contributed by atoms with van der Waals surface area (Å²) < 4.78 is 2.00. The first-order valence-corrected chi connectivity index (χ1v) is 9.53. The van der Waals surface area contributed by atoms with Crippen LogP contribution in [0.2, 0.25) is 0 Å². The van der Waals surface area contributed by atoms with Gasteiger partial charge in [-0.3, -0.25) is 0 Å². The van der Waals surface area contributed by atoms with E-state index in [1.807, 2.05) is 36.7 Å². The highest BCUT2D eigenvalue weighted by atomic mass is 127. The zero-order chi connectivity index (χ0) is 18.4. The Hall–Kier alpha value is -1.64. The third-order valence-electron chi connectivity index (χ3n) is 5.65. The molecule has 1 aromatic heterocycles. The lowest BCUT2D eigenvalue weighted by molar-refractivity contribution is 0.131. The average Bonchev–Trinajstić information content (AvgIpc) is 2.95. The van der Waals surface area contributed by atoms with E-state index in [9.17, 15) is 0 Å². The van der Waals surface area contributed by atoms with Gasteiger partial charge in [-0.25, -0.2) is 4.99 Å². The van der Waals surface area contributed by atoms with Gasteiger partial charge in [-0.1, -0.05) is 43.7 Å². The van der Waals surface area contributed by atoms with E-state index in [0.717, 1.165) is 24.2 Å². The maximum Gasteiger partial charge on any atom is 0.191 e. The molecule has 0 spiro atoms. The number of rotatable bonds is 7. The summed E-state index contributed by atoms with van der Waals surface area (Å²) >= 11 is 0. The molecule has 0 unspecified atom stereocenters. The molecule has 0 amide bonds. The number of nitrogens with zero attached hydrogens (tertiary/aromatic N) is 4. The summed E-state index contributed by atoms with van der Waals surface area (Å²) in [5.74, 6) is 2.66. The molecule has 6 nitrogen and oxygen atoms in total. The summed E-state index contributed by atoms with van der Waals surface area (Å²) in [6.45, 7) is 6.49. The van der Waals surface area contributed by atoms with E-state index in [2.05, 4.69) is 39.9 Å². The number of hydrogen-bond acceptors (Lipinski definition) is 3. The molecule has 1 saturated carbocycles. The van der Waals surface area contributed by atoms with Crippen molar-refractivity contribution >= 4 is 29.9 Å². The van der Waals surface area contributed by atoms with Crippen LogP contribution in [0.15, 0.2) is 35.3 Å². The van der Waals surface area contributed by atoms with Gasteiger partial charge in [0.1, 0.15) is 5.82 Å². The summed E-state index contributed by atoms with van der Waals surface area (Å²) in [5.41, 5.74) is 1.65. The molecule has 3 rings (SSSR count). The molecular formula is C20H31IN6. The highest BCUT2D eigenvalue weighted by Gasteiger charge is 2.34. The van der Waals surface area contributed by atoms with Crippen LogP contribution in [0.5, 0.6) is 0 Å². The van der Waals surface area contributed by atoms with E-state index < -0.39 is 0 Å². The zero-order valence-electron chi connectivity index (χ0n) is 16.5. The Balaban J connectivity index is 0.00000261. The lowest BCUT2D eigenvalue weighted by atomic mass is 9.67. The average molecular weight is 482 g/mol. The summed E-state index contributed by atoms with van der Waals surface area (Å²) in [6, 6.07) is 10.3. The minimum absolute atomic E-state index is 0. The van der Waals surface area contributed by atoms with Crippen molar-refractivity contribution in [2.24, 2.45) is 17.5 Å². The smallest absolute Gasteiger partial charge is 0.191 e. The van der Waals surface area contributed by atoms with E-state index in [4.69, 9.17) is 4.99 Å². The predicted octanol–water partition coefficient (Wildman–Crippen LogP) is 3.56. The molecule has 0 radical (unpaired) electrons. The molecular weight excluding hydrogens is 451 g/mol. The van der Waals surface area contributed by atoms with Gasteiger partial charge < -0.3 is 15.2 Å². The highest BCUT2D eigenvalue weighted by Crippen LogP contribution is 2.42. The normalized spacial score (nSPS) is 15.6. The van der Waals surface area contributed by atoms with Gasteiger partial charge in [0.15, 0.2) is 11.8 Å². The maximum absolute atomic E-state index is 4.78. The Morgan fingerprint density at radius 2 is 1.93 bits per heavy atom.